The maximum Gasteiger partial charge on any atom is 0.417 e. The summed E-state index contributed by atoms with van der Waals surface area (Å²) >= 11 is 7.07. The molecule has 0 spiro atoms. The highest BCUT2D eigenvalue weighted by atomic mass is 35.5. The number of aromatic nitrogens is 2. The maximum atomic E-state index is 15.3. The van der Waals surface area contributed by atoms with Gasteiger partial charge in [-0.05, 0) is 45.4 Å². The second-order valence-electron chi connectivity index (χ2n) is 10.8. The zero-order valence-electron chi connectivity index (χ0n) is 23.0. The van der Waals surface area contributed by atoms with Crippen LogP contribution < -0.4 is 10.6 Å². The lowest BCUT2D eigenvalue weighted by molar-refractivity contribution is -0.137. The van der Waals surface area contributed by atoms with Crippen LogP contribution in [-0.2, 0) is 17.5 Å². The summed E-state index contributed by atoms with van der Waals surface area (Å²) < 4.78 is 80.4. The number of halogens is 6. The number of ether oxygens (including phenoxy) is 1. The molecule has 1 saturated heterocycles. The lowest BCUT2D eigenvalue weighted by Crippen LogP contribution is -2.55. The summed E-state index contributed by atoms with van der Waals surface area (Å²) in [7, 11) is 3.52. The first-order chi connectivity index (χ1) is 19.3. The quantitative estimate of drug-likeness (QED) is 0.248. The van der Waals surface area contributed by atoms with Crippen LogP contribution in [0.15, 0.2) is 27.9 Å². The van der Waals surface area contributed by atoms with E-state index in [0.29, 0.717) is 37.9 Å². The van der Waals surface area contributed by atoms with Gasteiger partial charge < -0.3 is 9.64 Å². The van der Waals surface area contributed by atoms with E-state index in [1.54, 1.807) is 7.11 Å². The van der Waals surface area contributed by atoms with Crippen LogP contribution in [0.2, 0.25) is 5.02 Å². The molecule has 0 aliphatic carbocycles. The lowest BCUT2D eigenvalue weighted by atomic mass is 9.95. The van der Waals surface area contributed by atoms with Crippen molar-refractivity contribution in [2.24, 2.45) is 5.92 Å². The second-order valence-corrected chi connectivity index (χ2v) is 12.3. The average molecular weight is 617 g/mol. The summed E-state index contributed by atoms with van der Waals surface area (Å²) in [6.07, 6.45) is -4.35. The third-order valence-corrected chi connectivity index (χ3v) is 9.69. The molecule has 13 heteroatoms. The molecular weight excluding hydrogens is 587 g/mol. The Balaban J connectivity index is 1.87. The minimum Gasteiger partial charge on any atom is -0.385 e. The molecule has 2 aliphatic rings. The van der Waals surface area contributed by atoms with Crippen molar-refractivity contribution in [2.45, 2.75) is 50.0 Å². The van der Waals surface area contributed by atoms with E-state index < -0.39 is 45.2 Å². The molecule has 6 nitrogen and oxygen atoms in total. The molecule has 0 bridgehead atoms. The standard InChI is InChI=1S/C28H30ClF5N4O2S/c1-14-10-37(11-15(2)36(14)3)26-18-7-19(28(32,33)34)23(17-8-20(29)22(31)9-21(17)30)25-24(18)38(27(39)35-26)12-16(13-41-25)5-6-40-4/h7-9,14-16H,5-6,10-13H2,1-4H3. The number of piperazine rings is 1. The number of anilines is 1. The first kappa shape index (κ1) is 30.1. The van der Waals surface area contributed by atoms with Crippen LogP contribution in [0, 0.1) is 17.6 Å². The molecule has 2 aliphatic heterocycles. The molecule has 3 atom stereocenters. The summed E-state index contributed by atoms with van der Waals surface area (Å²) in [4.78, 5) is 22.1. The Hall–Kier alpha value is -2.41. The van der Waals surface area contributed by atoms with Crippen LogP contribution >= 0.6 is 23.4 Å². The van der Waals surface area contributed by atoms with E-state index in [-0.39, 0.29) is 46.2 Å². The molecule has 41 heavy (non-hydrogen) atoms. The highest BCUT2D eigenvalue weighted by molar-refractivity contribution is 7.99. The van der Waals surface area contributed by atoms with Gasteiger partial charge in [-0.1, -0.05) is 11.6 Å². The Labute approximate surface area is 243 Å². The van der Waals surface area contributed by atoms with Crippen molar-refractivity contribution in [1.82, 2.24) is 14.5 Å². The number of methoxy groups -OCH3 is 1. The van der Waals surface area contributed by atoms with Crippen LogP contribution in [0.4, 0.5) is 27.8 Å². The van der Waals surface area contributed by atoms with Crippen molar-refractivity contribution in [1.29, 1.82) is 0 Å². The summed E-state index contributed by atoms with van der Waals surface area (Å²) in [6, 6.07) is 2.42. The molecule has 1 fully saturated rings. The predicted octanol–water partition coefficient (Wildman–Crippen LogP) is 6.30. The van der Waals surface area contributed by atoms with Crippen molar-refractivity contribution < 1.29 is 26.7 Å². The number of hydrogen-bond donors (Lipinski definition) is 0. The lowest BCUT2D eigenvalue weighted by Gasteiger charge is -2.43. The first-order valence-corrected chi connectivity index (χ1v) is 14.6. The van der Waals surface area contributed by atoms with Gasteiger partial charge in [-0.25, -0.2) is 13.6 Å². The molecule has 0 N–H and O–H groups in total. The van der Waals surface area contributed by atoms with Crippen LogP contribution in [0.25, 0.3) is 22.0 Å². The first-order valence-electron chi connectivity index (χ1n) is 13.2. The molecule has 222 valence electrons. The van der Waals surface area contributed by atoms with E-state index in [1.807, 2.05) is 25.8 Å². The number of thioether (sulfide) groups is 1. The largest absolute Gasteiger partial charge is 0.417 e. The fraction of sp³-hybridized carbons (Fsp3) is 0.500. The van der Waals surface area contributed by atoms with Crippen molar-refractivity contribution in [2.75, 3.05) is 44.5 Å². The predicted molar refractivity (Wildman–Crippen MR) is 151 cm³/mol. The van der Waals surface area contributed by atoms with E-state index >= 15 is 4.39 Å². The van der Waals surface area contributed by atoms with E-state index in [9.17, 15) is 22.4 Å². The van der Waals surface area contributed by atoms with Crippen molar-refractivity contribution >= 4 is 40.1 Å². The third-order valence-electron chi connectivity index (χ3n) is 8.08. The van der Waals surface area contributed by atoms with Crippen LogP contribution in [0.1, 0.15) is 25.8 Å². The maximum absolute atomic E-state index is 15.3. The molecule has 3 unspecified atom stereocenters. The van der Waals surface area contributed by atoms with Gasteiger partial charge >= 0.3 is 11.9 Å². The smallest absolute Gasteiger partial charge is 0.385 e. The van der Waals surface area contributed by atoms with Crippen molar-refractivity contribution in [3.05, 3.63) is 50.9 Å². The minimum atomic E-state index is -4.91. The second kappa shape index (κ2) is 11.3. The topological polar surface area (TPSA) is 50.6 Å². The van der Waals surface area contributed by atoms with Crippen molar-refractivity contribution in [3.63, 3.8) is 0 Å². The van der Waals surface area contributed by atoms with Gasteiger partial charge in [0, 0.05) is 78.7 Å². The van der Waals surface area contributed by atoms with E-state index in [1.165, 1.54) is 4.57 Å². The normalized spacial score (nSPS) is 21.9. The molecule has 0 radical (unpaired) electrons. The minimum absolute atomic E-state index is 0.0535. The van der Waals surface area contributed by atoms with Gasteiger partial charge in [-0.3, -0.25) is 9.47 Å². The number of hydrogen-bond acceptors (Lipinski definition) is 6. The van der Waals surface area contributed by atoms with Gasteiger partial charge in [0.1, 0.15) is 17.5 Å². The Morgan fingerprint density at radius 1 is 1.10 bits per heavy atom. The fourth-order valence-corrected chi connectivity index (χ4v) is 7.26. The number of likely N-dealkylation sites (N-methyl/N-ethyl adjacent to an activating group) is 1. The Morgan fingerprint density at radius 3 is 2.41 bits per heavy atom. The number of benzene rings is 2. The molecule has 5 rings (SSSR count). The third kappa shape index (κ3) is 5.55. The van der Waals surface area contributed by atoms with E-state index in [2.05, 4.69) is 9.88 Å². The zero-order chi connectivity index (χ0) is 29.8. The summed E-state index contributed by atoms with van der Waals surface area (Å²) in [6.45, 7) is 5.52. The average Bonchev–Trinajstić information content (AvgIpc) is 3.10. The van der Waals surface area contributed by atoms with Crippen LogP contribution in [0.3, 0.4) is 0 Å². The van der Waals surface area contributed by atoms with Gasteiger partial charge in [-0.15, -0.1) is 11.8 Å². The van der Waals surface area contributed by atoms with Gasteiger partial charge in [-0.2, -0.15) is 18.2 Å². The zero-order valence-corrected chi connectivity index (χ0v) is 24.6. The number of nitrogens with zero attached hydrogens (tertiary/aromatic N) is 4. The van der Waals surface area contributed by atoms with Crippen LogP contribution in [0.5, 0.6) is 0 Å². The summed E-state index contributed by atoms with van der Waals surface area (Å²) in [5.74, 6) is -1.88. The van der Waals surface area contributed by atoms with Crippen molar-refractivity contribution in [3.8, 4) is 11.1 Å². The molecule has 1 aromatic heterocycles. The summed E-state index contributed by atoms with van der Waals surface area (Å²) in [5, 5.41) is -0.347. The number of alkyl halides is 3. The highest BCUT2D eigenvalue weighted by Gasteiger charge is 2.40. The van der Waals surface area contributed by atoms with E-state index in [4.69, 9.17) is 16.3 Å². The highest BCUT2D eigenvalue weighted by Crippen LogP contribution is 2.49. The fourth-order valence-electron chi connectivity index (χ4n) is 5.70. The molecular formula is C28H30ClF5N4O2S. The summed E-state index contributed by atoms with van der Waals surface area (Å²) in [5.41, 5.74) is -2.39. The Bertz CT molecular complexity index is 1540. The Kier molecular flexibility index (Phi) is 8.32. The van der Waals surface area contributed by atoms with Gasteiger partial charge in [0.15, 0.2) is 0 Å². The number of rotatable bonds is 5. The van der Waals surface area contributed by atoms with E-state index in [0.717, 1.165) is 23.9 Å². The molecule has 3 aromatic rings. The van der Waals surface area contributed by atoms with Gasteiger partial charge in [0.25, 0.3) is 0 Å². The van der Waals surface area contributed by atoms with Gasteiger partial charge in [0.2, 0.25) is 0 Å². The van der Waals surface area contributed by atoms with Crippen LogP contribution in [-0.4, -0.2) is 66.1 Å². The molecule has 3 heterocycles. The molecule has 2 aromatic carbocycles. The van der Waals surface area contributed by atoms with Gasteiger partial charge in [0.05, 0.1) is 16.1 Å². The SMILES string of the molecule is COCCC1CSc2c(-c3cc(Cl)c(F)cc3F)c(C(F)(F)F)cc3c(N4CC(C)N(C)C(C)C4)nc(=O)n(c23)C1. The monoisotopic (exact) mass is 616 g/mol. The molecule has 0 saturated carbocycles. The molecule has 0 amide bonds. The Morgan fingerprint density at radius 2 is 1.78 bits per heavy atom.